The van der Waals surface area contributed by atoms with Crippen molar-refractivity contribution in [2.75, 3.05) is 6.61 Å². The third-order valence-electron chi connectivity index (χ3n) is 4.20. The van der Waals surface area contributed by atoms with E-state index in [1.807, 2.05) is 36.4 Å². The number of ether oxygens (including phenoxy) is 1. The molecule has 0 spiro atoms. The highest BCUT2D eigenvalue weighted by molar-refractivity contribution is 6.04. The Hall–Kier alpha value is -2.88. The average molecular weight is 322 g/mol. The summed E-state index contributed by atoms with van der Waals surface area (Å²) in [7, 11) is 0. The van der Waals surface area contributed by atoms with Crippen molar-refractivity contribution in [3.63, 3.8) is 0 Å². The number of hydrogen-bond acceptors (Lipinski definition) is 3. The predicted octanol–water partition coefficient (Wildman–Crippen LogP) is 4.75. The first-order valence-corrected chi connectivity index (χ1v) is 7.83. The van der Waals surface area contributed by atoms with Crippen LogP contribution in [0.5, 0.6) is 5.75 Å². The molecule has 3 nitrogen and oxygen atoms in total. The summed E-state index contributed by atoms with van der Waals surface area (Å²) >= 11 is 0. The Morgan fingerprint density at radius 2 is 1.96 bits per heavy atom. The minimum atomic E-state index is -0.355. The van der Waals surface area contributed by atoms with Crippen LogP contribution in [0.15, 0.2) is 75.7 Å². The molecule has 0 saturated carbocycles. The van der Waals surface area contributed by atoms with Gasteiger partial charge in [-0.2, -0.15) is 0 Å². The summed E-state index contributed by atoms with van der Waals surface area (Å²) in [5, 5.41) is 2.31. The second-order valence-electron chi connectivity index (χ2n) is 5.85. The number of halogens is 1. The van der Waals surface area contributed by atoms with Gasteiger partial charge in [-0.15, -0.1) is 0 Å². The third-order valence-corrected chi connectivity index (χ3v) is 4.20. The molecule has 0 N–H and O–H groups in total. The smallest absolute Gasteiger partial charge is 0.344 e. The van der Waals surface area contributed by atoms with Crippen LogP contribution in [0.4, 0.5) is 4.39 Å². The van der Waals surface area contributed by atoms with E-state index < -0.39 is 0 Å². The first-order valence-electron chi connectivity index (χ1n) is 7.83. The Labute approximate surface area is 137 Å². The lowest BCUT2D eigenvalue weighted by Crippen LogP contribution is -2.10. The van der Waals surface area contributed by atoms with E-state index in [2.05, 4.69) is 0 Å². The summed E-state index contributed by atoms with van der Waals surface area (Å²) in [5.41, 5.74) is 0.146. The number of benzene rings is 2. The van der Waals surface area contributed by atoms with Crippen molar-refractivity contribution in [3.8, 4) is 5.75 Å². The van der Waals surface area contributed by atoms with E-state index in [4.69, 9.17) is 9.15 Å². The normalized spacial score (nSPS) is 17.2. The van der Waals surface area contributed by atoms with Crippen LogP contribution in [-0.4, -0.2) is 6.61 Å². The van der Waals surface area contributed by atoms with Gasteiger partial charge in [0.15, 0.2) is 0 Å². The fraction of sp³-hybridized carbons (Fsp3) is 0.150. The van der Waals surface area contributed by atoms with E-state index in [1.54, 1.807) is 18.2 Å². The van der Waals surface area contributed by atoms with Crippen molar-refractivity contribution in [3.05, 3.63) is 76.9 Å². The molecule has 1 aliphatic rings. The van der Waals surface area contributed by atoms with Gasteiger partial charge in [0.05, 0.1) is 12.0 Å². The molecule has 1 heterocycles. The van der Waals surface area contributed by atoms with Crippen LogP contribution >= 0.6 is 0 Å². The van der Waals surface area contributed by atoms with Crippen LogP contribution in [0.25, 0.3) is 21.7 Å². The van der Waals surface area contributed by atoms with Crippen molar-refractivity contribution < 1.29 is 13.5 Å². The zero-order chi connectivity index (χ0) is 16.5. The summed E-state index contributed by atoms with van der Waals surface area (Å²) < 4.78 is 24.1. The van der Waals surface area contributed by atoms with Crippen LogP contribution in [0.2, 0.25) is 0 Å². The largest absolute Gasteiger partial charge is 0.493 e. The monoisotopic (exact) mass is 322 g/mol. The molecule has 4 heteroatoms. The van der Waals surface area contributed by atoms with Gasteiger partial charge in [-0.1, -0.05) is 24.3 Å². The molecule has 0 aliphatic heterocycles. The van der Waals surface area contributed by atoms with E-state index in [1.165, 1.54) is 6.08 Å². The fourth-order valence-corrected chi connectivity index (χ4v) is 2.92. The third kappa shape index (κ3) is 2.71. The molecule has 3 aromatic rings. The minimum Gasteiger partial charge on any atom is -0.493 e. The molecular formula is C20H15FO3. The maximum Gasteiger partial charge on any atom is 0.344 e. The first kappa shape index (κ1) is 14.7. The SMILES string of the molecule is O=c1oc2cc(OC[C@H]3C=CC(F)=CC3)ccc2c2ccccc12. The van der Waals surface area contributed by atoms with Crippen molar-refractivity contribution in [1.29, 1.82) is 0 Å². The van der Waals surface area contributed by atoms with E-state index in [0.29, 0.717) is 29.7 Å². The van der Waals surface area contributed by atoms with Gasteiger partial charge in [0.25, 0.3) is 0 Å². The summed E-state index contributed by atoms with van der Waals surface area (Å²) in [5.74, 6) is 0.568. The molecule has 0 amide bonds. The van der Waals surface area contributed by atoms with E-state index in [9.17, 15) is 9.18 Å². The van der Waals surface area contributed by atoms with Gasteiger partial charge in [0, 0.05) is 17.4 Å². The Bertz CT molecular complexity index is 1030. The highest BCUT2D eigenvalue weighted by atomic mass is 19.1. The quantitative estimate of drug-likeness (QED) is 0.516. The first-order chi connectivity index (χ1) is 11.7. The highest BCUT2D eigenvalue weighted by Gasteiger charge is 2.11. The maximum atomic E-state index is 13.0. The average Bonchev–Trinajstić information content (AvgIpc) is 2.61. The number of fused-ring (bicyclic) bond motifs is 3. The lowest BCUT2D eigenvalue weighted by molar-refractivity contribution is 0.275. The zero-order valence-corrected chi connectivity index (χ0v) is 12.9. The van der Waals surface area contributed by atoms with Crippen molar-refractivity contribution >= 4 is 21.7 Å². The van der Waals surface area contributed by atoms with E-state index in [0.717, 1.165) is 10.8 Å². The molecule has 1 aromatic heterocycles. The fourth-order valence-electron chi connectivity index (χ4n) is 2.92. The summed E-state index contributed by atoms with van der Waals surface area (Å²) in [6.07, 6.45) is 5.45. The van der Waals surface area contributed by atoms with Crippen LogP contribution in [0.3, 0.4) is 0 Å². The van der Waals surface area contributed by atoms with Crippen LogP contribution in [0, 0.1) is 5.92 Å². The standard InChI is InChI=1S/C20H15FO3/c21-14-7-5-13(6-8-14)12-23-15-9-10-17-16-3-1-2-4-18(16)20(22)24-19(17)11-15/h1-5,7-11,13H,6,12H2/t13-/m0/s1. The molecular weight excluding hydrogens is 307 g/mol. The molecule has 0 bridgehead atoms. The second-order valence-corrected chi connectivity index (χ2v) is 5.85. The van der Waals surface area contributed by atoms with Gasteiger partial charge >= 0.3 is 5.63 Å². The van der Waals surface area contributed by atoms with Gasteiger partial charge < -0.3 is 9.15 Å². The Morgan fingerprint density at radius 3 is 2.75 bits per heavy atom. The number of hydrogen-bond donors (Lipinski definition) is 0. The van der Waals surface area contributed by atoms with E-state index >= 15 is 0 Å². The topological polar surface area (TPSA) is 39.4 Å². The molecule has 4 rings (SSSR count). The lowest BCUT2D eigenvalue weighted by atomic mass is 10.0. The molecule has 2 aromatic carbocycles. The highest BCUT2D eigenvalue weighted by Crippen LogP contribution is 2.27. The van der Waals surface area contributed by atoms with Gasteiger partial charge in [-0.05, 0) is 42.2 Å². The Balaban J connectivity index is 1.63. The Morgan fingerprint density at radius 1 is 1.12 bits per heavy atom. The van der Waals surface area contributed by atoms with Gasteiger partial charge in [0.1, 0.15) is 17.2 Å². The van der Waals surface area contributed by atoms with Gasteiger partial charge in [-0.3, -0.25) is 0 Å². The molecule has 120 valence electrons. The number of rotatable bonds is 3. The molecule has 1 atom stereocenters. The van der Waals surface area contributed by atoms with Crippen LogP contribution in [-0.2, 0) is 0 Å². The minimum absolute atomic E-state index is 0.142. The summed E-state index contributed by atoms with van der Waals surface area (Å²) in [6.45, 7) is 0.448. The molecule has 1 aliphatic carbocycles. The number of allylic oxidation sites excluding steroid dienone is 3. The van der Waals surface area contributed by atoms with Crippen LogP contribution in [0.1, 0.15) is 6.42 Å². The van der Waals surface area contributed by atoms with Gasteiger partial charge in [0.2, 0.25) is 0 Å². The molecule has 0 unspecified atom stereocenters. The van der Waals surface area contributed by atoms with Crippen LogP contribution < -0.4 is 10.4 Å². The summed E-state index contributed by atoms with van der Waals surface area (Å²) in [6, 6.07) is 12.9. The molecule has 0 radical (unpaired) electrons. The van der Waals surface area contributed by atoms with E-state index in [-0.39, 0.29) is 17.4 Å². The zero-order valence-electron chi connectivity index (χ0n) is 12.9. The second kappa shape index (κ2) is 5.96. The molecule has 24 heavy (non-hydrogen) atoms. The van der Waals surface area contributed by atoms with Crippen molar-refractivity contribution in [2.24, 2.45) is 5.92 Å². The maximum absolute atomic E-state index is 13.0. The summed E-state index contributed by atoms with van der Waals surface area (Å²) in [4.78, 5) is 12.1. The predicted molar refractivity (Wildman–Crippen MR) is 91.9 cm³/mol. The molecule has 0 fully saturated rings. The van der Waals surface area contributed by atoms with Gasteiger partial charge in [-0.25, -0.2) is 9.18 Å². The Kier molecular flexibility index (Phi) is 3.65. The van der Waals surface area contributed by atoms with Crippen molar-refractivity contribution in [1.82, 2.24) is 0 Å². The lowest BCUT2D eigenvalue weighted by Gasteiger charge is -2.15. The molecule has 0 saturated heterocycles. The van der Waals surface area contributed by atoms with Crippen molar-refractivity contribution in [2.45, 2.75) is 6.42 Å².